The standard InChI is InChI=1S/C12H22O4/c1-2-9-3-4-12(15-7-9)5-11(14)10(6-13)8-16-12/h9-11,13-14H,2-8H2,1H3/t9?,10-,11-,12+/m1/s1. The van der Waals surface area contributed by atoms with Gasteiger partial charge in [-0.05, 0) is 12.3 Å². The van der Waals surface area contributed by atoms with Gasteiger partial charge in [-0.1, -0.05) is 13.3 Å². The first kappa shape index (κ1) is 12.3. The number of hydrogen-bond acceptors (Lipinski definition) is 4. The van der Waals surface area contributed by atoms with E-state index in [1.54, 1.807) is 0 Å². The Morgan fingerprint density at radius 1 is 1.31 bits per heavy atom. The molecule has 16 heavy (non-hydrogen) atoms. The van der Waals surface area contributed by atoms with E-state index < -0.39 is 11.9 Å². The van der Waals surface area contributed by atoms with Gasteiger partial charge in [-0.3, -0.25) is 0 Å². The zero-order chi connectivity index (χ0) is 11.6. The zero-order valence-electron chi connectivity index (χ0n) is 9.89. The van der Waals surface area contributed by atoms with Crippen LogP contribution in [0.4, 0.5) is 0 Å². The second-order valence-electron chi connectivity index (χ2n) is 5.06. The Balaban J connectivity index is 1.91. The van der Waals surface area contributed by atoms with Crippen LogP contribution in [0.15, 0.2) is 0 Å². The van der Waals surface area contributed by atoms with Crippen LogP contribution in [0.5, 0.6) is 0 Å². The van der Waals surface area contributed by atoms with E-state index in [2.05, 4.69) is 6.92 Å². The molecule has 0 bridgehead atoms. The molecule has 94 valence electrons. The minimum atomic E-state index is -0.573. The van der Waals surface area contributed by atoms with Crippen molar-refractivity contribution in [2.75, 3.05) is 19.8 Å². The van der Waals surface area contributed by atoms with Crippen LogP contribution in [-0.2, 0) is 9.47 Å². The lowest BCUT2D eigenvalue weighted by Crippen LogP contribution is -2.51. The SMILES string of the molecule is CCC1CC[C@]2(C[C@@H](O)[C@H](CO)CO2)OC1. The first-order chi connectivity index (χ1) is 7.69. The van der Waals surface area contributed by atoms with Crippen LogP contribution in [0.1, 0.15) is 32.6 Å². The van der Waals surface area contributed by atoms with Gasteiger partial charge in [-0.25, -0.2) is 0 Å². The van der Waals surface area contributed by atoms with Crippen molar-refractivity contribution in [3.8, 4) is 0 Å². The summed E-state index contributed by atoms with van der Waals surface area (Å²) in [6.07, 6.45) is 3.09. The first-order valence-electron chi connectivity index (χ1n) is 6.26. The van der Waals surface area contributed by atoms with Gasteiger partial charge < -0.3 is 19.7 Å². The molecular weight excluding hydrogens is 208 g/mol. The second-order valence-corrected chi connectivity index (χ2v) is 5.06. The van der Waals surface area contributed by atoms with Crippen LogP contribution in [-0.4, -0.2) is 41.9 Å². The maximum atomic E-state index is 9.89. The summed E-state index contributed by atoms with van der Waals surface area (Å²) in [6, 6.07) is 0. The molecule has 1 unspecified atom stereocenters. The zero-order valence-corrected chi connectivity index (χ0v) is 9.89. The van der Waals surface area contributed by atoms with Crippen LogP contribution in [0.3, 0.4) is 0 Å². The quantitative estimate of drug-likeness (QED) is 0.740. The van der Waals surface area contributed by atoms with E-state index in [-0.39, 0.29) is 12.5 Å². The predicted octanol–water partition coefficient (Wildman–Crippen LogP) is 0.909. The topological polar surface area (TPSA) is 58.9 Å². The van der Waals surface area contributed by atoms with E-state index in [0.717, 1.165) is 25.9 Å². The minimum Gasteiger partial charge on any atom is -0.396 e. The van der Waals surface area contributed by atoms with Gasteiger partial charge in [0.1, 0.15) is 0 Å². The minimum absolute atomic E-state index is 0.0190. The van der Waals surface area contributed by atoms with Gasteiger partial charge in [-0.15, -0.1) is 0 Å². The van der Waals surface area contributed by atoms with Crippen molar-refractivity contribution in [1.29, 1.82) is 0 Å². The fourth-order valence-electron chi connectivity index (χ4n) is 2.53. The van der Waals surface area contributed by atoms with Crippen LogP contribution < -0.4 is 0 Å². The van der Waals surface area contributed by atoms with E-state index in [4.69, 9.17) is 14.6 Å². The van der Waals surface area contributed by atoms with Crippen LogP contribution >= 0.6 is 0 Å². The maximum Gasteiger partial charge on any atom is 0.170 e. The molecule has 2 N–H and O–H groups in total. The summed E-state index contributed by atoms with van der Waals surface area (Å²) in [5.41, 5.74) is 0. The Kier molecular flexibility index (Phi) is 3.85. The van der Waals surface area contributed by atoms with Gasteiger partial charge >= 0.3 is 0 Å². The lowest BCUT2D eigenvalue weighted by molar-refractivity contribution is -0.307. The number of hydrogen-bond donors (Lipinski definition) is 2. The highest BCUT2D eigenvalue weighted by Crippen LogP contribution is 2.38. The Morgan fingerprint density at radius 2 is 2.06 bits per heavy atom. The number of ether oxygens (including phenoxy) is 2. The predicted molar refractivity (Wildman–Crippen MR) is 58.8 cm³/mol. The van der Waals surface area contributed by atoms with Crippen molar-refractivity contribution in [3.63, 3.8) is 0 Å². The van der Waals surface area contributed by atoms with E-state index in [1.807, 2.05) is 0 Å². The maximum absolute atomic E-state index is 9.89. The van der Waals surface area contributed by atoms with E-state index in [9.17, 15) is 5.11 Å². The highest BCUT2D eigenvalue weighted by molar-refractivity contribution is 4.87. The summed E-state index contributed by atoms with van der Waals surface area (Å²) < 4.78 is 11.5. The van der Waals surface area contributed by atoms with Crippen LogP contribution in [0.25, 0.3) is 0 Å². The van der Waals surface area contributed by atoms with Gasteiger partial charge in [0, 0.05) is 18.8 Å². The Hall–Kier alpha value is -0.160. The highest BCUT2D eigenvalue weighted by Gasteiger charge is 2.44. The molecule has 0 aliphatic carbocycles. The van der Waals surface area contributed by atoms with E-state index >= 15 is 0 Å². The monoisotopic (exact) mass is 230 g/mol. The third-order valence-electron chi connectivity index (χ3n) is 3.95. The summed E-state index contributed by atoms with van der Waals surface area (Å²) in [5.74, 6) is -0.100. The Labute approximate surface area is 96.6 Å². The molecule has 2 fully saturated rings. The Bertz CT molecular complexity index is 218. The summed E-state index contributed by atoms with van der Waals surface area (Å²) >= 11 is 0. The molecule has 4 nitrogen and oxygen atoms in total. The van der Waals surface area contributed by atoms with Crippen LogP contribution in [0.2, 0.25) is 0 Å². The van der Waals surface area contributed by atoms with Crippen LogP contribution in [0, 0.1) is 11.8 Å². The molecule has 2 rings (SSSR count). The summed E-state index contributed by atoms with van der Waals surface area (Å²) in [6.45, 7) is 3.28. The molecule has 4 heteroatoms. The fraction of sp³-hybridized carbons (Fsp3) is 1.00. The summed E-state index contributed by atoms with van der Waals surface area (Å²) in [7, 11) is 0. The molecule has 2 heterocycles. The second kappa shape index (κ2) is 5.00. The average Bonchev–Trinajstić information content (AvgIpc) is 2.30. The molecule has 0 saturated carbocycles. The van der Waals surface area contributed by atoms with Crippen molar-refractivity contribution in [2.45, 2.75) is 44.5 Å². The van der Waals surface area contributed by atoms with Gasteiger partial charge in [0.2, 0.25) is 0 Å². The number of aliphatic hydroxyl groups excluding tert-OH is 2. The molecule has 2 aliphatic heterocycles. The van der Waals surface area contributed by atoms with Crippen molar-refractivity contribution < 1.29 is 19.7 Å². The lowest BCUT2D eigenvalue weighted by Gasteiger charge is -2.45. The Morgan fingerprint density at radius 3 is 2.56 bits per heavy atom. The van der Waals surface area contributed by atoms with Gasteiger partial charge in [0.25, 0.3) is 0 Å². The van der Waals surface area contributed by atoms with E-state index in [1.165, 1.54) is 0 Å². The molecule has 2 saturated heterocycles. The lowest BCUT2D eigenvalue weighted by atomic mass is 9.86. The smallest absolute Gasteiger partial charge is 0.170 e. The largest absolute Gasteiger partial charge is 0.396 e. The third-order valence-corrected chi connectivity index (χ3v) is 3.95. The van der Waals surface area contributed by atoms with Gasteiger partial charge in [0.15, 0.2) is 5.79 Å². The van der Waals surface area contributed by atoms with E-state index in [0.29, 0.717) is 18.9 Å². The molecule has 0 radical (unpaired) electrons. The first-order valence-corrected chi connectivity index (χ1v) is 6.26. The highest BCUT2D eigenvalue weighted by atomic mass is 16.7. The normalized spacial score (nSPS) is 44.8. The average molecular weight is 230 g/mol. The molecule has 0 amide bonds. The number of aliphatic hydroxyl groups is 2. The summed E-state index contributed by atoms with van der Waals surface area (Å²) in [4.78, 5) is 0. The molecule has 1 spiro atoms. The molecule has 0 aromatic heterocycles. The molecule has 2 aliphatic rings. The van der Waals surface area contributed by atoms with Crippen molar-refractivity contribution in [1.82, 2.24) is 0 Å². The van der Waals surface area contributed by atoms with Crippen molar-refractivity contribution >= 4 is 0 Å². The molecular formula is C12H22O4. The van der Waals surface area contributed by atoms with Gasteiger partial charge in [0.05, 0.1) is 25.9 Å². The summed E-state index contributed by atoms with van der Waals surface area (Å²) in [5, 5.41) is 18.9. The van der Waals surface area contributed by atoms with Gasteiger partial charge in [-0.2, -0.15) is 0 Å². The third kappa shape index (κ3) is 2.40. The fourth-order valence-corrected chi connectivity index (χ4v) is 2.53. The molecule has 0 aromatic carbocycles. The van der Waals surface area contributed by atoms with Crippen molar-refractivity contribution in [2.24, 2.45) is 11.8 Å². The molecule has 4 atom stereocenters. The molecule has 0 aromatic rings. The van der Waals surface area contributed by atoms with Crippen molar-refractivity contribution in [3.05, 3.63) is 0 Å². The number of rotatable bonds is 2.